The van der Waals surface area contributed by atoms with Crippen LogP contribution in [0.1, 0.15) is 31.6 Å². The summed E-state index contributed by atoms with van der Waals surface area (Å²) < 4.78 is 0. The number of hydrogen-bond donors (Lipinski definition) is 2. The van der Waals surface area contributed by atoms with E-state index in [-0.39, 0.29) is 5.91 Å². The van der Waals surface area contributed by atoms with E-state index in [4.69, 9.17) is 5.84 Å². The lowest BCUT2D eigenvalue weighted by Gasteiger charge is -2.30. The number of carbonyl (C=O) groups excluding carboxylic acids is 1. The van der Waals surface area contributed by atoms with Gasteiger partial charge in [0, 0.05) is 23.4 Å². The van der Waals surface area contributed by atoms with E-state index < -0.39 is 0 Å². The van der Waals surface area contributed by atoms with Crippen LogP contribution in [-0.4, -0.2) is 29.9 Å². The van der Waals surface area contributed by atoms with Crippen LogP contribution in [0.4, 0.5) is 0 Å². The average Bonchev–Trinajstić information content (AvgIpc) is 2.87. The van der Waals surface area contributed by atoms with E-state index >= 15 is 0 Å². The topological polar surface area (TPSA) is 58.4 Å². The van der Waals surface area contributed by atoms with Crippen LogP contribution in [0.2, 0.25) is 0 Å². The van der Waals surface area contributed by atoms with Gasteiger partial charge in [-0.25, -0.2) is 5.84 Å². The first kappa shape index (κ1) is 15.1. The molecule has 0 saturated heterocycles. The van der Waals surface area contributed by atoms with Crippen molar-refractivity contribution in [3.63, 3.8) is 0 Å². The Morgan fingerprint density at radius 2 is 2.22 bits per heavy atom. The van der Waals surface area contributed by atoms with Gasteiger partial charge in [-0.2, -0.15) is 0 Å². The minimum Gasteiger partial charge on any atom is -0.301 e. The van der Waals surface area contributed by atoms with Crippen molar-refractivity contribution in [3.05, 3.63) is 22.4 Å². The predicted molar refractivity (Wildman–Crippen MR) is 76.3 cm³/mol. The molecule has 0 fully saturated rings. The molecule has 4 nitrogen and oxygen atoms in total. The number of likely N-dealkylation sites (N-methyl/N-ethyl adjacent to an activating group) is 1. The van der Waals surface area contributed by atoms with Gasteiger partial charge in [-0.15, -0.1) is 11.3 Å². The van der Waals surface area contributed by atoms with Crippen LogP contribution in [0.5, 0.6) is 0 Å². The predicted octanol–water partition coefficient (Wildman–Crippen LogP) is 1.77. The lowest BCUT2D eigenvalue weighted by molar-refractivity contribution is -0.121. The minimum absolute atomic E-state index is 0.0961. The molecule has 0 aliphatic carbocycles. The van der Waals surface area contributed by atoms with Crippen molar-refractivity contribution in [1.82, 2.24) is 10.3 Å². The van der Waals surface area contributed by atoms with Crippen molar-refractivity contribution in [3.8, 4) is 0 Å². The van der Waals surface area contributed by atoms with Gasteiger partial charge < -0.3 is 4.90 Å². The minimum atomic E-state index is -0.0961. The SMILES string of the molecule is CC(CCC(=O)NN)N(C)C(C)Cc1cccs1. The van der Waals surface area contributed by atoms with Crippen LogP contribution in [0.15, 0.2) is 17.5 Å². The molecule has 0 aliphatic heterocycles. The Balaban J connectivity index is 2.37. The maximum absolute atomic E-state index is 11.1. The normalized spacial score (nSPS) is 14.5. The third-order valence-electron chi connectivity index (χ3n) is 3.42. The molecule has 102 valence electrons. The summed E-state index contributed by atoms with van der Waals surface area (Å²) in [4.78, 5) is 14.8. The van der Waals surface area contributed by atoms with Crippen LogP contribution in [0, 0.1) is 0 Å². The molecule has 5 heteroatoms. The van der Waals surface area contributed by atoms with Crippen molar-refractivity contribution in [2.24, 2.45) is 5.84 Å². The largest absolute Gasteiger partial charge is 0.301 e. The first-order valence-electron chi connectivity index (χ1n) is 6.28. The summed E-state index contributed by atoms with van der Waals surface area (Å²) in [6.45, 7) is 4.37. The second-order valence-corrected chi connectivity index (χ2v) is 5.79. The number of thiophene rings is 1. The number of hydrazine groups is 1. The van der Waals surface area contributed by atoms with Gasteiger partial charge in [0.2, 0.25) is 5.91 Å². The summed E-state index contributed by atoms with van der Waals surface area (Å²) in [5.41, 5.74) is 2.17. The summed E-state index contributed by atoms with van der Waals surface area (Å²) in [6, 6.07) is 5.10. The number of nitrogens with one attached hydrogen (secondary N) is 1. The Kier molecular flexibility index (Phi) is 6.32. The van der Waals surface area contributed by atoms with Gasteiger partial charge in [-0.1, -0.05) is 6.07 Å². The second-order valence-electron chi connectivity index (χ2n) is 4.75. The van der Waals surface area contributed by atoms with Gasteiger partial charge in [0.05, 0.1) is 0 Å². The standard InChI is InChI=1S/C13H23N3OS/c1-10(6-7-13(17)15-14)16(3)11(2)9-12-5-4-8-18-12/h4-5,8,10-11H,6-7,9,14H2,1-3H3,(H,15,17). The van der Waals surface area contributed by atoms with Gasteiger partial charge in [0.15, 0.2) is 0 Å². The van der Waals surface area contributed by atoms with Gasteiger partial charge in [-0.3, -0.25) is 10.2 Å². The third kappa shape index (κ3) is 4.76. The molecule has 0 bridgehead atoms. The molecule has 0 aliphatic rings. The molecule has 2 unspecified atom stereocenters. The lowest BCUT2D eigenvalue weighted by atomic mass is 10.1. The summed E-state index contributed by atoms with van der Waals surface area (Å²) >= 11 is 1.79. The van der Waals surface area contributed by atoms with E-state index in [1.54, 1.807) is 11.3 Å². The Morgan fingerprint density at radius 3 is 2.78 bits per heavy atom. The summed E-state index contributed by atoms with van der Waals surface area (Å²) in [5, 5.41) is 2.11. The van der Waals surface area contributed by atoms with Crippen LogP contribution in [0.25, 0.3) is 0 Å². The number of amides is 1. The summed E-state index contributed by atoms with van der Waals surface area (Å²) in [5.74, 6) is 4.98. The molecule has 0 aromatic carbocycles. The van der Waals surface area contributed by atoms with Crippen LogP contribution in [0.3, 0.4) is 0 Å². The van der Waals surface area contributed by atoms with E-state index in [1.807, 2.05) is 0 Å². The van der Waals surface area contributed by atoms with Crippen molar-refractivity contribution in [2.45, 2.75) is 45.2 Å². The molecule has 18 heavy (non-hydrogen) atoms. The van der Waals surface area contributed by atoms with E-state index in [0.717, 1.165) is 12.8 Å². The summed E-state index contributed by atoms with van der Waals surface area (Å²) in [6.07, 6.45) is 2.36. The van der Waals surface area contributed by atoms with E-state index in [1.165, 1.54) is 4.88 Å². The molecule has 3 N–H and O–H groups in total. The van der Waals surface area contributed by atoms with E-state index in [0.29, 0.717) is 18.5 Å². The zero-order valence-electron chi connectivity index (χ0n) is 11.3. The molecular formula is C13H23N3OS. The van der Waals surface area contributed by atoms with Crippen LogP contribution >= 0.6 is 11.3 Å². The number of nitrogens with two attached hydrogens (primary N) is 1. The Morgan fingerprint density at radius 1 is 1.50 bits per heavy atom. The molecule has 1 aromatic rings. The fourth-order valence-electron chi connectivity index (χ4n) is 1.91. The van der Waals surface area contributed by atoms with Crippen LogP contribution < -0.4 is 11.3 Å². The Labute approximate surface area is 113 Å². The Bertz CT molecular complexity index is 353. The molecule has 1 rings (SSSR count). The first-order chi connectivity index (χ1) is 8.54. The second kappa shape index (κ2) is 7.51. The van der Waals surface area contributed by atoms with Gasteiger partial charge in [0.1, 0.15) is 0 Å². The highest BCUT2D eigenvalue weighted by Crippen LogP contribution is 2.16. The van der Waals surface area contributed by atoms with E-state index in [2.05, 4.69) is 48.7 Å². The fourth-order valence-corrected chi connectivity index (χ4v) is 2.74. The van der Waals surface area contributed by atoms with Crippen molar-refractivity contribution >= 4 is 17.2 Å². The number of rotatable bonds is 7. The van der Waals surface area contributed by atoms with Crippen LogP contribution in [-0.2, 0) is 11.2 Å². The van der Waals surface area contributed by atoms with Gasteiger partial charge in [0.25, 0.3) is 0 Å². The molecule has 1 amide bonds. The van der Waals surface area contributed by atoms with Crippen molar-refractivity contribution in [1.29, 1.82) is 0 Å². The molecule has 1 aromatic heterocycles. The highest BCUT2D eigenvalue weighted by molar-refractivity contribution is 7.09. The van der Waals surface area contributed by atoms with Crippen molar-refractivity contribution < 1.29 is 4.79 Å². The molecule has 0 spiro atoms. The van der Waals surface area contributed by atoms with Crippen molar-refractivity contribution in [2.75, 3.05) is 7.05 Å². The number of carbonyl (C=O) groups is 1. The quantitative estimate of drug-likeness (QED) is 0.450. The monoisotopic (exact) mass is 269 g/mol. The highest BCUT2D eigenvalue weighted by Gasteiger charge is 2.17. The maximum atomic E-state index is 11.1. The zero-order valence-corrected chi connectivity index (χ0v) is 12.2. The molecule has 0 saturated carbocycles. The summed E-state index contributed by atoms with van der Waals surface area (Å²) in [7, 11) is 2.11. The lowest BCUT2D eigenvalue weighted by Crippen LogP contribution is -2.39. The molecule has 2 atom stereocenters. The smallest absolute Gasteiger partial charge is 0.233 e. The number of nitrogens with zero attached hydrogens (tertiary/aromatic N) is 1. The van der Waals surface area contributed by atoms with E-state index in [9.17, 15) is 4.79 Å². The first-order valence-corrected chi connectivity index (χ1v) is 7.16. The highest BCUT2D eigenvalue weighted by atomic mass is 32.1. The van der Waals surface area contributed by atoms with Gasteiger partial charge in [-0.05, 0) is 45.2 Å². The molecular weight excluding hydrogens is 246 g/mol. The average molecular weight is 269 g/mol. The zero-order chi connectivity index (χ0) is 13.5. The maximum Gasteiger partial charge on any atom is 0.233 e. The number of hydrogen-bond acceptors (Lipinski definition) is 4. The fraction of sp³-hybridized carbons (Fsp3) is 0.615. The Hall–Kier alpha value is -0.910. The molecule has 1 heterocycles. The van der Waals surface area contributed by atoms with Gasteiger partial charge >= 0.3 is 0 Å². The third-order valence-corrected chi connectivity index (χ3v) is 4.32. The molecule has 0 radical (unpaired) electrons.